The molecule has 7 heteroatoms. The summed E-state index contributed by atoms with van der Waals surface area (Å²) in [5.74, 6) is 0.111. The van der Waals surface area contributed by atoms with Crippen molar-refractivity contribution in [3.63, 3.8) is 0 Å². The molecule has 6 nitrogen and oxygen atoms in total. The molecule has 1 aliphatic heterocycles. The van der Waals surface area contributed by atoms with Crippen LogP contribution in [0.25, 0.3) is 11.3 Å². The average molecular weight is 361 g/mol. The molecular formula is C19H24FN3O3. The van der Waals surface area contributed by atoms with Crippen molar-refractivity contribution < 1.29 is 18.4 Å². The molecule has 1 N–H and O–H groups in total. The zero-order valence-electron chi connectivity index (χ0n) is 14.9. The molecule has 1 aromatic carbocycles. The molecule has 1 aromatic heterocycles. The van der Waals surface area contributed by atoms with Crippen LogP contribution in [0.4, 0.5) is 4.39 Å². The standard InChI is InChI=1S/C19H24FN3O3/c1-14(23-8-10-25-11-9-23)6-7-19(24)21-13-15-12-18(22-26-15)16-4-2-3-5-17(16)20/h2-5,12,14H,6-11,13H2,1H3,(H,21,24). The summed E-state index contributed by atoms with van der Waals surface area (Å²) in [5, 5.41) is 6.70. The fourth-order valence-electron chi connectivity index (χ4n) is 3.01. The summed E-state index contributed by atoms with van der Waals surface area (Å²) in [7, 11) is 0. The molecule has 0 bridgehead atoms. The molecule has 1 unspecified atom stereocenters. The van der Waals surface area contributed by atoms with Gasteiger partial charge in [0, 0.05) is 37.2 Å². The Hall–Kier alpha value is -2.25. The van der Waals surface area contributed by atoms with E-state index in [1.165, 1.54) is 6.07 Å². The van der Waals surface area contributed by atoms with Crippen LogP contribution in [-0.2, 0) is 16.1 Å². The van der Waals surface area contributed by atoms with Crippen LogP contribution >= 0.6 is 0 Å². The third-order valence-corrected chi connectivity index (χ3v) is 4.63. The minimum Gasteiger partial charge on any atom is -0.379 e. The lowest BCUT2D eigenvalue weighted by Crippen LogP contribution is -2.42. The highest BCUT2D eigenvalue weighted by atomic mass is 19.1. The number of amides is 1. The smallest absolute Gasteiger partial charge is 0.220 e. The molecule has 3 rings (SSSR count). The van der Waals surface area contributed by atoms with E-state index in [0.29, 0.717) is 29.5 Å². The van der Waals surface area contributed by atoms with Crippen LogP contribution in [0.2, 0.25) is 0 Å². The molecule has 0 aliphatic carbocycles. The Balaban J connectivity index is 1.44. The van der Waals surface area contributed by atoms with Crippen LogP contribution in [0, 0.1) is 5.82 Å². The number of morpholine rings is 1. The Kier molecular flexibility index (Phi) is 6.35. The monoisotopic (exact) mass is 361 g/mol. The molecule has 0 spiro atoms. The molecule has 0 saturated carbocycles. The second kappa shape index (κ2) is 8.91. The SMILES string of the molecule is CC(CCC(=O)NCc1cc(-c2ccccc2F)no1)N1CCOCC1. The van der Waals surface area contributed by atoms with Gasteiger partial charge in [-0.2, -0.15) is 0 Å². The summed E-state index contributed by atoms with van der Waals surface area (Å²) < 4.78 is 24.3. The summed E-state index contributed by atoms with van der Waals surface area (Å²) in [6.45, 7) is 5.72. The highest BCUT2D eigenvalue weighted by Gasteiger charge is 2.18. The van der Waals surface area contributed by atoms with E-state index < -0.39 is 0 Å². The highest BCUT2D eigenvalue weighted by Crippen LogP contribution is 2.22. The number of nitrogens with one attached hydrogen (secondary N) is 1. The van der Waals surface area contributed by atoms with Crippen molar-refractivity contribution >= 4 is 5.91 Å². The van der Waals surface area contributed by atoms with Crippen LogP contribution in [0.3, 0.4) is 0 Å². The van der Waals surface area contributed by atoms with E-state index in [4.69, 9.17) is 9.26 Å². The molecule has 0 radical (unpaired) electrons. The van der Waals surface area contributed by atoms with Crippen LogP contribution < -0.4 is 5.32 Å². The van der Waals surface area contributed by atoms with Crippen molar-refractivity contribution in [3.8, 4) is 11.3 Å². The second-order valence-corrected chi connectivity index (χ2v) is 6.47. The Bertz CT molecular complexity index is 728. The Morgan fingerprint density at radius 1 is 1.35 bits per heavy atom. The van der Waals surface area contributed by atoms with Gasteiger partial charge in [0.25, 0.3) is 0 Å². The van der Waals surface area contributed by atoms with Gasteiger partial charge in [-0.15, -0.1) is 0 Å². The van der Waals surface area contributed by atoms with Gasteiger partial charge >= 0.3 is 0 Å². The van der Waals surface area contributed by atoms with Crippen molar-refractivity contribution in [2.24, 2.45) is 0 Å². The third-order valence-electron chi connectivity index (χ3n) is 4.63. The molecule has 1 amide bonds. The molecule has 1 atom stereocenters. The summed E-state index contributed by atoms with van der Waals surface area (Å²) in [6.07, 6.45) is 1.25. The molecule has 1 aliphatic rings. The highest BCUT2D eigenvalue weighted by molar-refractivity contribution is 5.75. The zero-order chi connectivity index (χ0) is 18.4. The Morgan fingerprint density at radius 3 is 2.88 bits per heavy atom. The molecule has 1 fully saturated rings. The minimum atomic E-state index is -0.353. The predicted molar refractivity (Wildman–Crippen MR) is 94.8 cm³/mol. The van der Waals surface area contributed by atoms with Gasteiger partial charge in [-0.3, -0.25) is 9.69 Å². The van der Waals surface area contributed by atoms with E-state index in [1.807, 2.05) is 0 Å². The number of ether oxygens (including phenoxy) is 1. The van der Waals surface area contributed by atoms with E-state index in [1.54, 1.807) is 24.3 Å². The van der Waals surface area contributed by atoms with Crippen molar-refractivity contribution in [1.29, 1.82) is 0 Å². The van der Waals surface area contributed by atoms with Gasteiger partial charge in [-0.25, -0.2) is 4.39 Å². The topological polar surface area (TPSA) is 67.6 Å². The first-order valence-corrected chi connectivity index (χ1v) is 8.92. The van der Waals surface area contributed by atoms with Crippen LogP contribution in [0.1, 0.15) is 25.5 Å². The average Bonchev–Trinajstić information content (AvgIpc) is 3.14. The maximum Gasteiger partial charge on any atom is 0.220 e. The summed E-state index contributed by atoms with van der Waals surface area (Å²) in [4.78, 5) is 14.4. The molecule has 26 heavy (non-hydrogen) atoms. The maximum absolute atomic E-state index is 13.8. The van der Waals surface area contributed by atoms with Gasteiger partial charge in [0.2, 0.25) is 5.91 Å². The summed E-state index contributed by atoms with van der Waals surface area (Å²) >= 11 is 0. The first kappa shape index (κ1) is 18.5. The molecule has 2 aromatic rings. The Morgan fingerprint density at radius 2 is 2.12 bits per heavy atom. The van der Waals surface area contributed by atoms with Gasteiger partial charge in [0.05, 0.1) is 19.8 Å². The largest absolute Gasteiger partial charge is 0.379 e. The number of hydrogen-bond donors (Lipinski definition) is 1. The van der Waals surface area contributed by atoms with Gasteiger partial charge < -0.3 is 14.6 Å². The maximum atomic E-state index is 13.8. The first-order chi connectivity index (χ1) is 12.6. The number of hydrogen-bond acceptors (Lipinski definition) is 5. The van der Waals surface area contributed by atoms with Gasteiger partial charge in [0.15, 0.2) is 5.76 Å². The zero-order valence-corrected chi connectivity index (χ0v) is 14.9. The van der Waals surface area contributed by atoms with E-state index in [0.717, 1.165) is 32.7 Å². The fourth-order valence-corrected chi connectivity index (χ4v) is 3.01. The normalized spacial score (nSPS) is 16.4. The number of benzene rings is 1. The summed E-state index contributed by atoms with van der Waals surface area (Å²) in [6, 6.07) is 8.38. The number of nitrogens with zero attached hydrogens (tertiary/aromatic N) is 2. The Labute approximate surface area is 152 Å². The van der Waals surface area contributed by atoms with Gasteiger partial charge in [-0.1, -0.05) is 17.3 Å². The second-order valence-electron chi connectivity index (χ2n) is 6.47. The predicted octanol–water partition coefficient (Wildman–Crippen LogP) is 2.60. The lowest BCUT2D eigenvalue weighted by molar-refractivity contribution is -0.121. The van der Waals surface area contributed by atoms with Crippen LogP contribution in [0.5, 0.6) is 0 Å². The van der Waals surface area contributed by atoms with Crippen molar-refractivity contribution in [3.05, 3.63) is 41.9 Å². The first-order valence-electron chi connectivity index (χ1n) is 8.92. The number of carbonyl (C=O) groups is 1. The number of aromatic nitrogens is 1. The van der Waals surface area contributed by atoms with E-state index in [-0.39, 0.29) is 18.3 Å². The van der Waals surface area contributed by atoms with Gasteiger partial charge in [-0.05, 0) is 25.5 Å². The van der Waals surface area contributed by atoms with E-state index in [2.05, 4.69) is 22.3 Å². The quantitative estimate of drug-likeness (QED) is 0.821. The van der Waals surface area contributed by atoms with Crippen molar-refractivity contribution in [2.45, 2.75) is 32.4 Å². The number of halogens is 1. The van der Waals surface area contributed by atoms with Crippen LogP contribution in [0.15, 0.2) is 34.9 Å². The van der Waals surface area contributed by atoms with Crippen molar-refractivity contribution in [2.75, 3.05) is 26.3 Å². The van der Waals surface area contributed by atoms with Crippen molar-refractivity contribution in [1.82, 2.24) is 15.4 Å². The fraction of sp³-hybridized carbons (Fsp3) is 0.474. The van der Waals surface area contributed by atoms with Crippen LogP contribution in [-0.4, -0.2) is 48.3 Å². The molecular weight excluding hydrogens is 337 g/mol. The van der Waals surface area contributed by atoms with E-state index in [9.17, 15) is 9.18 Å². The lowest BCUT2D eigenvalue weighted by Gasteiger charge is -2.32. The molecule has 2 heterocycles. The van der Waals surface area contributed by atoms with Gasteiger partial charge in [0.1, 0.15) is 11.5 Å². The summed E-state index contributed by atoms with van der Waals surface area (Å²) in [5.41, 5.74) is 0.807. The van der Waals surface area contributed by atoms with E-state index >= 15 is 0 Å². The molecule has 140 valence electrons. The minimum absolute atomic E-state index is 0.0334. The number of carbonyl (C=O) groups excluding carboxylic acids is 1. The lowest BCUT2D eigenvalue weighted by atomic mass is 10.1. The molecule has 1 saturated heterocycles. The number of rotatable bonds is 7. The third kappa shape index (κ3) is 4.89.